The Morgan fingerprint density at radius 3 is 3.07 bits per heavy atom. The molecule has 1 heterocycles. The molecule has 0 radical (unpaired) electrons. The van der Waals surface area contributed by atoms with E-state index in [2.05, 4.69) is 10.6 Å². The van der Waals surface area contributed by atoms with E-state index in [1.807, 2.05) is 6.92 Å². The van der Waals surface area contributed by atoms with Gasteiger partial charge >= 0.3 is 0 Å². The number of ether oxygens (including phenoxy) is 1. The number of hydrogen-bond donors (Lipinski definition) is 2. The molecule has 0 saturated heterocycles. The number of hydrogen-bond acceptors (Lipinski definition) is 3. The Hall–Kier alpha value is -2.04. The fourth-order valence-electron chi connectivity index (χ4n) is 1.53. The van der Waals surface area contributed by atoms with Gasteiger partial charge in [-0.3, -0.25) is 9.59 Å². The van der Waals surface area contributed by atoms with Crippen LogP contribution in [-0.4, -0.2) is 18.9 Å². The average molecular weight is 206 g/mol. The molecular formula is C10H10N2O3. The van der Waals surface area contributed by atoms with Gasteiger partial charge in [0.15, 0.2) is 6.61 Å². The summed E-state index contributed by atoms with van der Waals surface area (Å²) in [6.07, 6.45) is 0.590. The molecule has 2 amide bonds. The van der Waals surface area contributed by atoms with Crippen molar-refractivity contribution in [2.75, 3.05) is 17.2 Å². The van der Waals surface area contributed by atoms with Crippen LogP contribution in [0.1, 0.15) is 5.56 Å². The first-order valence-electron chi connectivity index (χ1n) is 4.48. The van der Waals surface area contributed by atoms with Crippen LogP contribution in [0.3, 0.4) is 0 Å². The second-order valence-electron chi connectivity index (χ2n) is 3.27. The van der Waals surface area contributed by atoms with Gasteiger partial charge in [0.2, 0.25) is 6.41 Å². The molecule has 5 nitrogen and oxygen atoms in total. The molecule has 2 N–H and O–H groups in total. The van der Waals surface area contributed by atoms with Crippen LogP contribution in [0.15, 0.2) is 12.1 Å². The predicted molar refractivity (Wildman–Crippen MR) is 55.0 cm³/mol. The molecule has 78 valence electrons. The van der Waals surface area contributed by atoms with Crippen LogP contribution >= 0.6 is 0 Å². The van der Waals surface area contributed by atoms with Crippen molar-refractivity contribution < 1.29 is 14.3 Å². The van der Waals surface area contributed by atoms with E-state index in [1.54, 1.807) is 12.1 Å². The number of amides is 2. The number of nitrogens with one attached hydrogen (secondary N) is 2. The molecule has 0 fully saturated rings. The van der Waals surface area contributed by atoms with Gasteiger partial charge in [0, 0.05) is 5.69 Å². The summed E-state index contributed by atoms with van der Waals surface area (Å²) in [6, 6.07) is 3.44. The maximum atomic E-state index is 11.1. The van der Waals surface area contributed by atoms with Gasteiger partial charge in [0.1, 0.15) is 5.75 Å². The molecule has 1 aliphatic rings. The molecule has 1 aromatic rings. The van der Waals surface area contributed by atoms with Crippen molar-refractivity contribution in [2.24, 2.45) is 0 Å². The minimum absolute atomic E-state index is 0.0360. The summed E-state index contributed by atoms with van der Waals surface area (Å²) in [6.45, 7) is 1.89. The van der Waals surface area contributed by atoms with Crippen LogP contribution in [0.2, 0.25) is 0 Å². The number of rotatable bonds is 2. The lowest BCUT2D eigenvalue weighted by atomic mass is 10.1. The van der Waals surface area contributed by atoms with Crippen molar-refractivity contribution in [3.63, 3.8) is 0 Å². The lowest BCUT2D eigenvalue weighted by molar-refractivity contribution is -0.118. The molecule has 0 atom stereocenters. The number of carbonyl (C=O) groups excluding carboxylic acids is 2. The second kappa shape index (κ2) is 3.61. The van der Waals surface area contributed by atoms with Crippen molar-refractivity contribution in [1.82, 2.24) is 0 Å². The molecule has 1 aromatic carbocycles. The van der Waals surface area contributed by atoms with Gasteiger partial charge in [-0.25, -0.2) is 0 Å². The van der Waals surface area contributed by atoms with Crippen molar-refractivity contribution in [2.45, 2.75) is 6.92 Å². The summed E-state index contributed by atoms with van der Waals surface area (Å²) in [4.78, 5) is 21.4. The van der Waals surface area contributed by atoms with Crippen LogP contribution in [0.5, 0.6) is 5.75 Å². The van der Waals surface area contributed by atoms with Crippen LogP contribution in [0.4, 0.5) is 11.4 Å². The largest absolute Gasteiger partial charge is 0.481 e. The molecule has 0 saturated carbocycles. The Morgan fingerprint density at radius 1 is 1.53 bits per heavy atom. The first-order valence-corrected chi connectivity index (χ1v) is 4.48. The fraction of sp³-hybridized carbons (Fsp3) is 0.200. The fourth-order valence-corrected chi connectivity index (χ4v) is 1.53. The second-order valence-corrected chi connectivity index (χ2v) is 3.27. The Morgan fingerprint density at radius 2 is 2.33 bits per heavy atom. The highest BCUT2D eigenvalue weighted by Crippen LogP contribution is 2.34. The molecule has 5 heteroatoms. The van der Waals surface area contributed by atoms with Crippen LogP contribution in [-0.2, 0) is 9.59 Å². The summed E-state index contributed by atoms with van der Waals surface area (Å²) in [5.74, 6) is 0.469. The molecule has 0 bridgehead atoms. The Balaban J connectivity index is 2.43. The van der Waals surface area contributed by atoms with E-state index in [0.29, 0.717) is 23.5 Å². The van der Waals surface area contributed by atoms with Gasteiger partial charge < -0.3 is 15.4 Å². The van der Waals surface area contributed by atoms with E-state index >= 15 is 0 Å². The molecule has 0 aromatic heterocycles. The predicted octanol–water partition coefficient (Wildman–Crippen LogP) is 0.894. The number of anilines is 2. The zero-order chi connectivity index (χ0) is 10.8. The molecule has 0 spiro atoms. The highest BCUT2D eigenvalue weighted by molar-refractivity contribution is 5.96. The summed E-state index contributed by atoms with van der Waals surface area (Å²) in [5.41, 5.74) is 2.10. The lowest BCUT2D eigenvalue weighted by Crippen LogP contribution is -2.25. The molecule has 1 aliphatic heterocycles. The minimum Gasteiger partial charge on any atom is -0.481 e. The average Bonchev–Trinajstić information content (AvgIpc) is 2.17. The summed E-state index contributed by atoms with van der Waals surface area (Å²) in [5, 5.41) is 5.21. The summed E-state index contributed by atoms with van der Waals surface area (Å²) >= 11 is 0. The van der Waals surface area contributed by atoms with E-state index < -0.39 is 0 Å². The SMILES string of the molecule is Cc1cc(NC=O)cc2c1OCC(=O)N2. The van der Waals surface area contributed by atoms with Crippen molar-refractivity contribution in [1.29, 1.82) is 0 Å². The number of aryl methyl sites for hydroxylation is 1. The van der Waals surface area contributed by atoms with Gasteiger partial charge in [-0.1, -0.05) is 0 Å². The maximum absolute atomic E-state index is 11.1. The smallest absolute Gasteiger partial charge is 0.262 e. The Kier molecular flexibility index (Phi) is 2.29. The number of fused-ring (bicyclic) bond motifs is 1. The normalized spacial score (nSPS) is 13.5. The Bertz CT molecular complexity index is 429. The van der Waals surface area contributed by atoms with E-state index in [1.165, 1.54) is 0 Å². The van der Waals surface area contributed by atoms with Crippen molar-refractivity contribution in [3.05, 3.63) is 17.7 Å². The molecular weight excluding hydrogens is 196 g/mol. The molecule has 15 heavy (non-hydrogen) atoms. The topological polar surface area (TPSA) is 67.4 Å². The standard InChI is InChI=1S/C10H10N2O3/c1-6-2-7(11-5-13)3-8-10(6)15-4-9(14)12-8/h2-3,5H,4H2,1H3,(H,11,13)(H,12,14). The quantitative estimate of drug-likeness (QED) is 0.706. The van der Waals surface area contributed by atoms with E-state index in [4.69, 9.17) is 4.74 Å². The zero-order valence-corrected chi connectivity index (χ0v) is 8.16. The van der Waals surface area contributed by atoms with Crippen molar-refractivity contribution in [3.8, 4) is 5.75 Å². The van der Waals surface area contributed by atoms with Gasteiger partial charge in [0.05, 0.1) is 5.69 Å². The number of carbonyl (C=O) groups is 2. The number of benzene rings is 1. The highest BCUT2D eigenvalue weighted by atomic mass is 16.5. The first kappa shape index (κ1) is 9.51. The molecule has 0 unspecified atom stereocenters. The third-order valence-corrected chi connectivity index (χ3v) is 2.12. The van der Waals surface area contributed by atoms with Gasteiger partial charge in [0.25, 0.3) is 5.91 Å². The van der Waals surface area contributed by atoms with Gasteiger partial charge in [-0.05, 0) is 24.6 Å². The molecule has 0 aliphatic carbocycles. The molecule has 2 rings (SSSR count). The van der Waals surface area contributed by atoms with E-state index in [0.717, 1.165) is 5.56 Å². The minimum atomic E-state index is -0.190. The van der Waals surface area contributed by atoms with E-state index in [9.17, 15) is 9.59 Å². The van der Waals surface area contributed by atoms with Crippen LogP contribution in [0.25, 0.3) is 0 Å². The summed E-state index contributed by atoms with van der Waals surface area (Å²) < 4.78 is 5.27. The summed E-state index contributed by atoms with van der Waals surface area (Å²) in [7, 11) is 0. The van der Waals surface area contributed by atoms with Gasteiger partial charge in [-0.2, -0.15) is 0 Å². The first-order chi connectivity index (χ1) is 7.20. The van der Waals surface area contributed by atoms with E-state index in [-0.39, 0.29) is 12.5 Å². The lowest BCUT2D eigenvalue weighted by Gasteiger charge is -2.20. The Labute approximate surface area is 86.4 Å². The maximum Gasteiger partial charge on any atom is 0.262 e. The third kappa shape index (κ3) is 1.76. The van der Waals surface area contributed by atoms with Crippen molar-refractivity contribution >= 4 is 23.7 Å². The monoisotopic (exact) mass is 206 g/mol. The van der Waals surface area contributed by atoms with Gasteiger partial charge in [-0.15, -0.1) is 0 Å². The highest BCUT2D eigenvalue weighted by Gasteiger charge is 2.18. The zero-order valence-electron chi connectivity index (χ0n) is 8.16. The third-order valence-electron chi connectivity index (χ3n) is 2.12. The van der Waals surface area contributed by atoms with Crippen LogP contribution < -0.4 is 15.4 Å². The van der Waals surface area contributed by atoms with Crippen LogP contribution in [0, 0.1) is 6.92 Å².